The van der Waals surface area contributed by atoms with Crippen LogP contribution in [0.15, 0.2) is 76.5 Å². The third-order valence-electron chi connectivity index (χ3n) is 4.63. The number of benzene rings is 2. The number of aryl methyl sites for hydroxylation is 2. The molecule has 0 aliphatic rings. The Morgan fingerprint density at radius 3 is 2.43 bits per heavy atom. The number of anilines is 1. The Balaban J connectivity index is 1.63. The summed E-state index contributed by atoms with van der Waals surface area (Å²) in [6.07, 6.45) is 1.60. The summed E-state index contributed by atoms with van der Waals surface area (Å²) in [7, 11) is 1.87. The first kappa shape index (κ1) is 20.0. The van der Waals surface area contributed by atoms with Crippen LogP contribution in [0.25, 0.3) is 11.6 Å². The summed E-state index contributed by atoms with van der Waals surface area (Å²) in [5.41, 5.74) is 3.89. The van der Waals surface area contributed by atoms with Crippen LogP contribution in [0, 0.1) is 13.8 Å². The van der Waals surface area contributed by atoms with Gasteiger partial charge in [0.1, 0.15) is 5.25 Å². The fourth-order valence-electron chi connectivity index (χ4n) is 3.30. The molecule has 7 heteroatoms. The van der Waals surface area contributed by atoms with Gasteiger partial charge in [-0.25, -0.2) is 0 Å². The minimum atomic E-state index is -0.487. The van der Waals surface area contributed by atoms with Crippen molar-refractivity contribution in [1.29, 1.82) is 0 Å². The molecule has 2 aromatic carbocycles. The van der Waals surface area contributed by atoms with Crippen LogP contribution in [0.5, 0.6) is 0 Å². The number of carbonyl (C=O) groups excluding carboxylic acids is 1. The van der Waals surface area contributed by atoms with E-state index in [0.29, 0.717) is 16.7 Å². The number of carbonyl (C=O) groups is 1. The number of aromatic nitrogens is 3. The van der Waals surface area contributed by atoms with E-state index in [1.807, 2.05) is 74.0 Å². The summed E-state index contributed by atoms with van der Waals surface area (Å²) in [5, 5.41) is 11.7. The maximum atomic E-state index is 13.3. The van der Waals surface area contributed by atoms with Crippen LogP contribution >= 0.6 is 11.8 Å². The standard InChI is InChI=1S/C23H22N4O2S/c1-15-12-16(2)14-18(13-15)24-22(28)20(17-8-5-4-6-9-17)30-23-26-25-21(27(23)3)19-10-7-11-29-19/h4-14,20H,1-3H3,(H,24,28). The molecule has 1 N–H and O–H groups in total. The molecule has 1 atom stereocenters. The molecule has 30 heavy (non-hydrogen) atoms. The molecule has 0 aliphatic heterocycles. The highest BCUT2D eigenvalue weighted by Gasteiger charge is 2.26. The van der Waals surface area contributed by atoms with E-state index >= 15 is 0 Å². The van der Waals surface area contributed by atoms with Gasteiger partial charge in [-0.1, -0.05) is 48.2 Å². The van der Waals surface area contributed by atoms with E-state index in [0.717, 1.165) is 22.4 Å². The molecule has 0 saturated carbocycles. The second kappa shape index (κ2) is 8.59. The van der Waals surface area contributed by atoms with Gasteiger partial charge in [-0.05, 0) is 54.8 Å². The molecule has 0 fully saturated rings. The van der Waals surface area contributed by atoms with Crippen LogP contribution in [0.3, 0.4) is 0 Å². The molecular weight excluding hydrogens is 396 g/mol. The van der Waals surface area contributed by atoms with Crippen LogP contribution in [-0.4, -0.2) is 20.7 Å². The molecule has 0 saturated heterocycles. The number of nitrogens with one attached hydrogen (secondary N) is 1. The first-order valence-electron chi connectivity index (χ1n) is 9.55. The molecule has 6 nitrogen and oxygen atoms in total. The number of rotatable bonds is 6. The lowest BCUT2D eigenvalue weighted by atomic mass is 10.1. The van der Waals surface area contributed by atoms with Crippen LogP contribution in [-0.2, 0) is 11.8 Å². The Morgan fingerprint density at radius 1 is 1.03 bits per heavy atom. The van der Waals surface area contributed by atoms with E-state index < -0.39 is 5.25 Å². The summed E-state index contributed by atoms with van der Waals surface area (Å²) in [4.78, 5) is 13.3. The lowest BCUT2D eigenvalue weighted by Gasteiger charge is -2.17. The van der Waals surface area contributed by atoms with Crippen LogP contribution < -0.4 is 5.32 Å². The van der Waals surface area contributed by atoms with E-state index in [9.17, 15) is 4.79 Å². The van der Waals surface area contributed by atoms with E-state index in [-0.39, 0.29) is 5.91 Å². The summed E-state index contributed by atoms with van der Waals surface area (Å²) < 4.78 is 7.28. The average molecular weight is 419 g/mol. The van der Waals surface area contributed by atoms with Crippen molar-refractivity contribution in [1.82, 2.24) is 14.8 Å². The highest BCUT2D eigenvalue weighted by atomic mass is 32.2. The van der Waals surface area contributed by atoms with Crippen molar-refractivity contribution in [3.8, 4) is 11.6 Å². The van der Waals surface area contributed by atoms with Crippen molar-refractivity contribution < 1.29 is 9.21 Å². The molecule has 0 radical (unpaired) electrons. The topological polar surface area (TPSA) is 73.0 Å². The van der Waals surface area contributed by atoms with Gasteiger partial charge in [0.05, 0.1) is 6.26 Å². The zero-order chi connectivity index (χ0) is 21.1. The maximum Gasteiger partial charge on any atom is 0.242 e. The van der Waals surface area contributed by atoms with Crippen molar-refractivity contribution in [2.75, 3.05) is 5.32 Å². The maximum absolute atomic E-state index is 13.3. The quantitative estimate of drug-likeness (QED) is 0.438. The van der Waals surface area contributed by atoms with Crippen molar-refractivity contribution in [3.05, 3.63) is 83.6 Å². The van der Waals surface area contributed by atoms with Gasteiger partial charge < -0.3 is 14.3 Å². The monoisotopic (exact) mass is 418 g/mol. The normalized spacial score (nSPS) is 12.0. The minimum Gasteiger partial charge on any atom is -0.461 e. The number of nitrogens with zero attached hydrogens (tertiary/aromatic N) is 3. The predicted molar refractivity (Wildman–Crippen MR) is 118 cm³/mol. The first-order valence-corrected chi connectivity index (χ1v) is 10.4. The van der Waals surface area contributed by atoms with Crippen molar-refractivity contribution in [3.63, 3.8) is 0 Å². The predicted octanol–water partition coefficient (Wildman–Crippen LogP) is 5.16. The largest absolute Gasteiger partial charge is 0.461 e. The van der Waals surface area contributed by atoms with E-state index in [2.05, 4.69) is 21.6 Å². The Labute approximate surface area is 179 Å². The van der Waals surface area contributed by atoms with Gasteiger partial charge in [-0.2, -0.15) is 0 Å². The van der Waals surface area contributed by atoms with Gasteiger partial charge in [0.2, 0.25) is 5.91 Å². The van der Waals surface area contributed by atoms with Gasteiger partial charge in [0.25, 0.3) is 0 Å². The van der Waals surface area contributed by atoms with Crippen LogP contribution in [0.2, 0.25) is 0 Å². The molecule has 0 aliphatic carbocycles. The molecule has 0 bridgehead atoms. The Kier molecular flexibility index (Phi) is 5.72. The smallest absolute Gasteiger partial charge is 0.242 e. The molecule has 2 heterocycles. The lowest BCUT2D eigenvalue weighted by Crippen LogP contribution is -2.19. The molecule has 1 amide bonds. The number of hydrogen-bond donors (Lipinski definition) is 1. The molecule has 152 valence electrons. The molecule has 2 aromatic heterocycles. The number of hydrogen-bond acceptors (Lipinski definition) is 5. The molecule has 4 aromatic rings. The third-order valence-corrected chi connectivity index (χ3v) is 5.92. The summed E-state index contributed by atoms with van der Waals surface area (Å²) >= 11 is 1.36. The average Bonchev–Trinajstić information content (AvgIpc) is 3.36. The van der Waals surface area contributed by atoms with Crippen molar-refractivity contribution in [2.24, 2.45) is 7.05 Å². The molecular formula is C23H22N4O2S. The number of amides is 1. The summed E-state index contributed by atoms with van der Waals surface area (Å²) in [5.74, 6) is 1.13. The van der Waals surface area contributed by atoms with Gasteiger partial charge in [0.15, 0.2) is 16.7 Å². The van der Waals surface area contributed by atoms with Crippen molar-refractivity contribution >= 4 is 23.4 Å². The first-order chi connectivity index (χ1) is 14.5. The van der Waals surface area contributed by atoms with Gasteiger partial charge >= 0.3 is 0 Å². The summed E-state index contributed by atoms with van der Waals surface area (Å²) in [6.45, 7) is 4.03. The fraction of sp³-hybridized carbons (Fsp3) is 0.174. The SMILES string of the molecule is Cc1cc(C)cc(NC(=O)C(Sc2nnc(-c3ccco3)n2C)c2ccccc2)c1. The van der Waals surface area contributed by atoms with E-state index in [1.165, 1.54) is 11.8 Å². The third kappa shape index (κ3) is 4.31. The minimum absolute atomic E-state index is 0.112. The van der Waals surface area contributed by atoms with Gasteiger partial charge in [0, 0.05) is 12.7 Å². The number of thioether (sulfide) groups is 1. The molecule has 1 unspecified atom stereocenters. The molecule has 0 spiro atoms. The van der Waals surface area contributed by atoms with Crippen LogP contribution in [0.4, 0.5) is 5.69 Å². The van der Waals surface area contributed by atoms with E-state index in [4.69, 9.17) is 4.42 Å². The fourth-order valence-corrected chi connectivity index (χ4v) is 4.30. The second-order valence-corrected chi connectivity index (χ2v) is 8.19. The lowest BCUT2D eigenvalue weighted by molar-refractivity contribution is -0.115. The Hall–Kier alpha value is -3.32. The van der Waals surface area contributed by atoms with E-state index in [1.54, 1.807) is 12.3 Å². The number of furan rings is 1. The van der Waals surface area contributed by atoms with Gasteiger partial charge in [-0.3, -0.25) is 4.79 Å². The van der Waals surface area contributed by atoms with Gasteiger partial charge in [-0.15, -0.1) is 10.2 Å². The zero-order valence-corrected chi connectivity index (χ0v) is 17.8. The Bertz CT molecular complexity index is 1130. The van der Waals surface area contributed by atoms with Crippen LogP contribution in [0.1, 0.15) is 21.9 Å². The molecule has 4 rings (SSSR count). The highest BCUT2D eigenvalue weighted by molar-refractivity contribution is 8.00. The van der Waals surface area contributed by atoms with Crippen molar-refractivity contribution in [2.45, 2.75) is 24.3 Å². The highest BCUT2D eigenvalue weighted by Crippen LogP contribution is 2.36. The zero-order valence-electron chi connectivity index (χ0n) is 17.0. The summed E-state index contributed by atoms with van der Waals surface area (Å²) in [6, 6.07) is 19.3. The second-order valence-electron chi connectivity index (χ2n) is 7.12. The Morgan fingerprint density at radius 2 is 1.77 bits per heavy atom.